The van der Waals surface area contributed by atoms with Crippen molar-refractivity contribution in [2.45, 2.75) is 59.5 Å². The Hall–Kier alpha value is -2.90. The van der Waals surface area contributed by atoms with Gasteiger partial charge in [0.05, 0.1) is 7.11 Å². The van der Waals surface area contributed by atoms with E-state index in [4.69, 9.17) is 19.2 Å². The molecule has 1 aliphatic carbocycles. The molecule has 0 atom stereocenters. The fourth-order valence-corrected chi connectivity index (χ4v) is 3.42. The summed E-state index contributed by atoms with van der Waals surface area (Å²) in [6, 6.07) is 7.23. The fraction of sp³-hybridized carbons (Fsp3) is 0.565. The van der Waals surface area contributed by atoms with Crippen LogP contribution in [0.1, 0.15) is 64.0 Å². The monoisotopic (exact) mass is 433 g/mol. The molecule has 2 rings (SSSR count). The summed E-state index contributed by atoms with van der Waals surface area (Å²) in [5, 5.41) is 12.2. The normalized spacial score (nSPS) is 15.5. The quantitative estimate of drug-likeness (QED) is 0.319. The molecule has 0 saturated heterocycles. The van der Waals surface area contributed by atoms with Crippen molar-refractivity contribution < 1.29 is 24.0 Å². The Morgan fingerprint density at radius 1 is 0.968 bits per heavy atom. The largest absolute Gasteiger partial charge is 0.464 e. The minimum absolute atomic E-state index is 0.0683. The van der Waals surface area contributed by atoms with Crippen LogP contribution in [0, 0.1) is 5.92 Å². The maximum atomic E-state index is 12.0. The van der Waals surface area contributed by atoms with Crippen molar-refractivity contribution >= 4 is 23.1 Å². The molecule has 0 unspecified atom stereocenters. The molecule has 0 aromatic heterocycles. The number of ether oxygens (including phenoxy) is 1. The van der Waals surface area contributed by atoms with Crippen molar-refractivity contribution in [3.63, 3.8) is 0 Å². The van der Waals surface area contributed by atoms with Gasteiger partial charge in [-0.1, -0.05) is 72.8 Å². The summed E-state index contributed by atoms with van der Waals surface area (Å²) < 4.78 is 4.79. The number of oxime groups is 3. The molecule has 0 amide bonds. The first-order valence-electron chi connectivity index (χ1n) is 10.7. The van der Waals surface area contributed by atoms with Crippen LogP contribution >= 0.6 is 0 Å². The van der Waals surface area contributed by atoms with Crippen molar-refractivity contribution in [3.05, 3.63) is 35.4 Å². The molecule has 8 heteroatoms. The molecule has 1 fully saturated rings. The lowest BCUT2D eigenvalue weighted by Gasteiger charge is -2.22. The van der Waals surface area contributed by atoms with Crippen LogP contribution in [0.15, 0.2) is 39.7 Å². The summed E-state index contributed by atoms with van der Waals surface area (Å²) in [6.45, 7) is 6.02. The predicted molar refractivity (Wildman–Crippen MR) is 122 cm³/mol. The second kappa shape index (κ2) is 15.0. The minimum atomic E-state index is -0.592. The van der Waals surface area contributed by atoms with E-state index in [2.05, 4.69) is 15.5 Å². The van der Waals surface area contributed by atoms with E-state index < -0.39 is 5.97 Å². The second-order valence-electron chi connectivity index (χ2n) is 6.72. The fourth-order valence-electron chi connectivity index (χ4n) is 3.42. The Bertz CT molecular complexity index is 768. The molecule has 172 valence electrons. The molecule has 0 N–H and O–H groups in total. The van der Waals surface area contributed by atoms with Gasteiger partial charge in [-0.05, 0) is 19.8 Å². The molecule has 0 spiro atoms. The highest BCUT2D eigenvalue weighted by molar-refractivity contribution is 6.43. The van der Waals surface area contributed by atoms with Crippen molar-refractivity contribution in [2.24, 2.45) is 21.4 Å². The van der Waals surface area contributed by atoms with Crippen LogP contribution in [-0.2, 0) is 30.7 Å². The zero-order valence-corrected chi connectivity index (χ0v) is 19.5. The van der Waals surface area contributed by atoms with Crippen LogP contribution < -0.4 is 0 Å². The van der Waals surface area contributed by atoms with Gasteiger partial charge in [-0.2, -0.15) is 0 Å². The van der Waals surface area contributed by atoms with Gasteiger partial charge in [0.2, 0.25) is 0 Å². The first-order chi connectivity index (χ1) is 15.1. The highest BCUT2D eigenvalue weighted by atomic mass is 16.6. The predicted octanol–water partition coefficient (Wildman–Crippen LogP) is 4.71. The molecule has 0 bridgehead atoms. The summed E-state index contributed by atoms with van der Waals surface area (Å²) in [5.74, 6) is -0.256. The van der Waals surface area contributed by atoms with Crippen molar-refractivity contribution in [3.8, 4) is 0 Å². The van der Waals surface area contributed by atoms with Gasteiger partial charge in [-0.25, -0.2) is 4.79 Å². The van der Waals surface area contributed by atoms with Crippen molar-refractivity contribution in [1.29, 1.82) is 0 Å². The third kappa shape index (κ3) is 8.03. The first-order valence-corrected chi connectivity index (χ1v) is 10.7. The molecular formula is C23H35N3O5. The van der Waals surface area contributed by atoms with Gasteiger partial charge in [0.1, 0.15) is 32.2 Å². The summed E-state index contributed by atoms with van der Waals surface area (Å²) in [7, 11) is 4.20. The van der Waals surface area contributed by atoms with E-state index in [0.717, 1.165) is 24.1 Å². The highest BCUT2D eigenvalue weighted by Gasteiger charge is 2.23. The lowest BCUT2D eigenvalue weighted by molar-refractivity contribution is -0.132. The topological polar surface area (TPSA) is 91.1 Å². The van der Waals surface area contributed by atoms with Gasteiger partial charge in [-0.15, -0.1) is 0 Å². The van der Waals surface area contributed by atoms with Gasteiger partial charge in [0.15, 0.2) is 5.71 Å². The van der Waals surface area contributed by atoms with E-state index in [9.17, 15) is 4.79 Å². The number of benzene rings is 1. The maximum Gasteiger partial charge on any atom is 0.360 e. The summed E-state index contributed by atoms with van der Waals surface area (Å²) in [6.07, 6.45) is 5.78. The average Bonchev–Trinajstić information content (AvgIpc) is 2.82. The minimum Gasteiger partial charge on any atom is -0.464 e. The van der Waals surface area contributed by atoms with E-state index in [1.807, 2.05) is 32.9 Å². The van der Waals surface area contributed by atoms with Crippen LogP contribution in [0.3, 0.4) is 0 Å². The SMILES string of the molecule is CC.CO/N=C(/C(=O)OC)c1ccccc1CO/N=C(C)/C(=N/OC)C1CCCCC1. The van der Waals surface area contributed by atoms with Gasteiger partial charge >= 0.3 is 5.97 Å². The molecule has 1 aliphatic rings. The lowest BCUT2D eigenvalue weighted by Crippen LogP contribution is -2.25. The van der Waals surface area contributed by atoms with E-state index in [1.165, 1.54) is 40.6 Å². The van der Waals surface area contributed by atoms with E-state index >= 15 is 0 Å². The van der Waals surface area contributed by atoms with Gasteiger partial charge < -0.3 is 19.2 Å². The Kier molecular flexibility index (Phi) is 12.6. The molecule has 0 radical (unpaired) electrons. The van der Waals surface area contributed by atoms with Crippen LogP contribution in [0.25, 0.3) is 0 Å². The Morgan fingerprint density at radius 3 is 2.23 bits per heavy atom. The maximum absolute atomic E-state index is 12.0. The highest BCUT2D eigenvalue weighted by Crippen LogP contribution is 2.25. The lowest BCUT2D eigenvalue weighted by atomic mass is 9.84. The number of carbonyl (C=O) groups excluding carboxylic acids is 1. The van der Waals surface area contributed by atoms with Gasteiger partial charge in [0, 0.05) is 17.0 Å². The average molecular weight is 434 g/mol. The van der Waals surface area contributed by atoms with Crippen LogP contribution in [-0.4, -0.2) is 44.4 Å². The zero-order valence-electron chi connectivity index (χ0n) is 19.5. The molecular weight excluding hydrogens is 398 g/mol. The molecule has 31 heavy (non-hydrogen) atoms. The number of rotatable bonds is 9. The molecule has 1 aromatic carbocycles. The molecule has 0 aliphatic heterocycles. The third-order valence-corrected chi connectivity index (χ3v) is 4.81. The summed E-state index contributed by atoms with van der Waals surface area (Å²) in [5.41, 5.74) is 2.88. The zero-order chi connectivity index (χ0) is 23.1. The third-order valence-electron chi connectivity index (χ3n) is 4.81. The number of hydrogen-bond acceptors (Lipinski definition) is 8. The number of nitrogens with zero attached hydrogens (tertiary/aromatic N) is 3. The molecule has 8 nitrogen and oxygen atoms in total. The van der Waals surface area contributed by atoms with E-state index in [1.54, 1.807) is 12.1 Å². The summed E-state index contributed by atoms with van der Waals surface area (Å²) >= 11 is 0. The Labute approximate surface area is 185 Å². The van der Waals surface area contributed by atoms with Crippen molar-refractivity contribution in [2.75, 3.05) is 21.3 Å². The van der Waals surface area contributed by atoms with E-state index in [0.29, 0.717) is 17.2 Å². The second-order valence-corrected chi connectivity index (χ2v) is 6.72. The number of carbonyl (C=O) groups is 1. The number of esters is 1. The molecule has 0 heterocycles. The summed E-state index contributed by atoms with van der Waals surface area (Å²) in [4.78, 5) is 27.5. The number of hydrogen-bond donors (Lipinski definition) is 0. The van der Waals surface area contributed by atoms with Gasteiger partial charge in [-0.3, -0.25) is 0 Å². The smallest absolute Gasteiger partial charge is 0.360 e. The first kappa shape index (κ1) is 26.1. The van der Waals surface area contributed by atoms with Crippen LogP contribution in [0.2, 0.25) is 0 Å². The van der Waals surface area contributed by atoms with Crippen molar-refractivity contribution in [1.82, 2.24) is 0 Å². The Morgan fingerprint density at radius 2 is 1.61 bits per heavy atom. The van der Waals surface area contributed by atoms with Crippen LogP contribution in [0.5, 0.6) is 0 Å². The number of methoxy groups -OCH3 is 1. The molecule has 1 saturated carbocycles. The van der Waals surface area contributed by atoms with Crippen LogP contribution in [0.4, 0.5) is 0 Å². The molecule has 1 aromatic rings. The van der Waals surface area contributed by atoms with Gasteiger partial charge in [0.25, 0.3) is 0 Å². The standard InChI is InChI=1S/C21H29N3O5.C2H6/c1-15(19(23-27-3)16-10-6-5-7-11-16)22-29-14-17-12-8-9-13-18(17)20(24-28-4)21(25)26-2;1-2/h8-9,12-13,16H,5-7,10-11,14H2,1-4H3;1-2H3/b22-15+,23-19-,24-20+;. The van der Waals surface area contributed by atoms with E-state index in [-0.39, 0.29) is 12.3 Å². The Balaban J connectivity index is 0.00000233.